The lowest BCUT2D eigenvalue weighted by Gasteiger charge is -2.20. The summed E-state index contributed by atoms with van der Waals surface area (Å²) < 4.78 is 7.28. The summed E-state index contributed by atoms with van der Waals surface area (Å²) in [5, 5.41) is 9.54. The number of carbonyl (C=O) groups is 1. The average Bonchev–Trinajstić information content (AvgIpc) is 3.51. The lowest BCUT2D eigenvalue weighted by molar-refractivity contribution is -0.128. The van der Waals surface area contributed by atoms with Gasteiger partial charge in [0.15, 0.2) is 11.0 Å². The number of ether oxygens (including phenoxy) is 1. The summed E-state index contributed by atoms with van der Waals surface area (Å²) in [5.41, 5.74) is 1.90. The number of nitrogens with zero attached hydrogens (tertiary/aromatic N) is 4. The van der Waals surface area contributed by atoms with E-state index >= 15 is 0 Å². The van der Waals surface area contributed by atoms with E-state index in [1.165, 1.54) is 11.8 Å². The molecule has 1 heterocycles. The first-order valence-electron chi connectivity index (χ1n) is 9.78. The molecule has 7 heteroatoms. The van der Waals surface area contributed by atoms with Gasteiger partial charge in [-0.3, -0.25) is 9.36 Å². The Kier molecular flexibility index (Phi) is 5.85. The van der Waals surface area contributed by atoms with E-state index in [9.17, 15) is 4.79 Å². The van der Waals surface area contributed by atoms with Gasteiger partial charge in [0.05, 0.1) is 12.9 Å². The minimum absolute atomic E-state index is 0.158. The predicted octanol–water partition coefficient (Wildman–Crippen LogP) is 4.05. The normalized spacial score (nSPS) is 13.3. The van der Waals surface area contributed by atoms with Crippen molar-refractivity contribution in [1.82, 2.24) is 19.7 Å². The zero-order chi connectivity index (χ0) is 20.2. The molecule has 0 N–H and O–H groups in total. The Balaban J connectivity index is 1.64. The Morgan fingerprint density at radius 3 is 2.48 bits per heavy atom. The van der Waals surface area contributed by atoms with E-state index in [0.29, 0.717) is 17.0 Å². The number of carbonyl (C=O) groups excluding carboxylic acids is 1. The first-order valence-corrected chi connectivity index (χ1v) is 10.8. The molecular formula is C22H24N4O2S. The van der Waals surface area contributed by atoms with Crippen LogP contribution in [0.15, 0.2) is 59.8 Å². The molecule has 150 valence electrons. The highest BCUT2D eigenvalue weighted by Crippen LogP contribution is 2.31. The number of rotatable bonds is 8. The zero-order valence-electron chi connectivity index (χ0n) is 16.6. The Morgan fingerprint density at radius 1 is 1.14 bits per heavy atom. The van der Waals surface area contributed by atoms with Crippen LogP contribution in [-0.4, -0.2) is 51.0 Å². The summed E-state index contributed by atoms with van der Waals surface area (Å²) >= 11 is 1.43. The molecule has 1 aromatic heterocycles. The van der Waals surface area contributed by atoms with Crippen LogP contribution < -0.4 is 4.74 Å². The summed E-state index contributed by atoms with van der Waals surface area (Å²) in [4.78, 5) is 14.6. The molecule has 0 radical (unpaired) electrons. The Morgan fingerprint density at radius 2 is 1.86 bits per heavy atom. The van der Waals surface area contributed by atoms with Crippen LogP contribution in [0.5, 0.6) is 5.75 Å². The van der Waals surface area contributed by atoms with Crippen molar-refractivity contribution < 1.29 is 9.53 Å². The standard InChI is InChI=1S/C22H24N4O2S/c1-3-25(17-9-10-17)20(27)15-29-22-24-23-21(16-7-5-4-6-8-16)26(22)18-11-13-19(28-2)14-12-18/h4-8,11-14,17H,3,9-10,15H2,1-2H3. The number of aromatic nitrogens is 3. The molecule has 29 heavy (non-hydrogen) atoms. The largest absolute Gasteiger partial charge is 0.497 e. The van der Waals surface area contributed by atoms with E-state index in [2.05, 4.69) is 10.2 Å². The topological polar surface area (TPSA) is 60.2 Å². The summed E-state index contributed by atoms with van der Waals surface area (Å²) in [5.74, 6) is 2.05. The lowest BCUT2D eigenvalue weighted by atomic mass is 10.2. The van der Waals surface area contributed by atoms with Crippen molar-refractivity contribution in [3.05, 3.63) is 54.6 Å². The fourth-order valence-corrected chi connectivity index (χ4v) is 4.17. The van der Waals surface area contributed by atoms with Gasteiger partial charge in [0.1, 0.15) is 5.75 Å². The third kappa shape index (κ3) is 4.29. The molecule has 6 nitrogen and oxygen atoms in total. The van der Waals surface area contributed by atoms with Crippen LogP contribution in [0.2, 0.25) is 0 Å². The molecule has 1 aliphatic rings. The molecule has 0 spiro atoms. The number of thioether (sulfide) groups is 1. The highest BCUT2D eigenvalue weighted by Gasteiger charge is 2.31. The Bertz CT molecular complexity index is 968. The number of hydrogen-bond acceptors (Lipinski definition) is 5. The van der Waals surface area contributed by atoms with E-state index in [0.717, 1.165) is 42.2 Å². The quantitative estimate of drug-likeness (QED) is 0.527. The van der Waals surface area contributed by atoms with Crippen LogP contribution in [0.1, 0.15) is 19.8 Å². The van der Waals surface area contributed by atoms with Gasteiger partial charge < -0.3 is 9.64 Å². The van der Waals surface area contributed by atoms with Gasteiger partial charge in [0.25, 0.3) is 0 Å². The molecule has 0 aliphatic heterocycles. The zero-order valence-corrected chi connectivity index (χ0v) is 17.4. The van der Waals surface area contributed by atoms with Gasteiger partial charge in [-0.2, -0.15) is 0 Å². The maximum Gasteiger partial charge on any atom is 0.233 e. The maximum atomic E-state index is 12.7. The summed E-state index contributed by atoms with van der Waals surface area (Å²) in [6, 6.07) is 18.2. The second-order valence-corrected chi connectivity index (χ2v) is 7.85. The van der Waals surface area contributed by atoms with Crippen LogP contribution in [0.3, 0.4) is 0 Å². The molecule has 2 aromatic carbocycles. The van der Waals surface area contributed by atoms with Crippen LogP contribution >= 0.6 is 11.8 Å². The average molecular weight is 409 g/mol. The number of amides is 1. The van der Waals surface area contributed by atoms with E-state index in [4.69, 9.17) is 4.74 Å². The summed E-state index contributed by atoms with van der Waals surface area (Å²) in [6.07, 6.45) is 2.23. The van der Waals surface area contributed by atoms with Gasteiger partial charge in [-0.05, 0) is 44.0 Å². The fourth-order valence-electron chi connectivity index (χ4n) is 3.34. The Hall–Kier alpha value is -2.80. The van der Waals surface area contributed by atoms with Gasteiger partial charge in [-0.15, -0.1) is 10.2 Å². The monoisotopic (exact) mass is 408 g/mol. The second kappa shape index (κ2) is 8.69. The lowest BCUT2D eigenvalue weighted by Crippen LogP contribution is -2.34. The fraction of sp³-hybridized carbons (Fsp3) is 0.318. The molecule has 1 fully saturated rings. The van der Waals surface area contributed by atoms with Crippen molar-refractivity contribution in [2.75, 3.05) is 19.4 Å². The van der Waals surface area contributed by atoms with Gasteiger partial charge in [-0.1, -0.05) is 42.1 Å². The number of hydrogen-bond donors (Lipinski definition) is 0. The molecule has 0 atom stereocenters. The Labute approximate surface area is 174 Å². The van der Waals surface area contributed by atoms with Gasteiger partial charge in [0, 0.05) is 23.8 Å². The van der Waals surface area contributed by atoms with Crippen LogP contribution in [-0.2, 0) is 4.79 Å². The minimum atomic E-state index is 0.158. The smallest absolute Gasteiger partial charge is 0.233 e. The van der Waals surface area contributed by atoms with Crippen LogP contribution in [0.4, 0.5) is 0 Å². The first kappa shape index (κ1) is 19.5. The third-order valence-corrected chi connectivity index (χ3v) is 5.88. The highest BCUT2D eigenvalue weighted by molar-refractivity contribution is 7.99. The minimum Gasteiger partial charge on any atom is -0.497 e. The molecule has 4 rings (SSSR count). The van der Waals surface area contributed by atoms with E-state index in [1.807, 2.05) is 71.0 Å². The molecule has 0 bridgehead atoms. The molecule has 1 amide bonds. The van der Waals surface area contributed by atoms with E-state index in [1.54, 1.807) is 7.11 Å². The second-order valence-electron chi connectivity index (χ2n) is 6.91. The maximum absolute atomic E-state index is 12.7. The van der Waals surface area contributed by atoms with Crippen molar-refractivity contribution in [1.29, 1.82) is 0 Å². The van der Waals surface area contributed by atoms with Crippen molar-refractivity contribution >= 4 is 17.7 Å². The van der Waals surface area contributed by atoms with Crippen molar-refractivity contribution in [3.8, 4) is 22.8 Å². The molecule has 0 unspecified atom stereocenters. The van der Waals surface area contributed by atoms with Crippen LogP contribution in [0, 0.1) is 0 Å². The highest BCUT2D eigenvalue weighted by atomic mass is 32.2. The number of benzene rings is 2. The molecule has 1 saturated carbocycles. The van der Waals surface area contributed by atoms with Gasteiger partial charge >= 0.3 is 0 Å². The van der Waals surface area contributed by atoms with Gasteiger partial charge in [-0.25, -0.2) is 0 Å². The van der Waals surface area contributed by atoms with Gasteiger partial charge in [0.2, 0.25) is 5.91 Å². The summed E-state index contributed by atoms with van der Waals surface area (Å²) in [6.45, 7) is 2.79. The first-order chi connectivity index (χ1) is 14.2. The predicted molar refractivity (Wildman–Crippen MR) is 114 cm³/mol. The van der Waals surface area contributed by atoms with Crippen molar-refractivity contribution in [2.45, 2.75) is 31.0 Å². The number of methoxy groups -OCH3 is 1. The molecule has 0 saturated heterocycles. The SMILES string of the molecule is CCN(C(=O)CSc1nnc(-c2ccccc2)n1-c1ccc(OC)cc1)C1CC1. The molecular weight excluding hydrogens is 384 g/mol. The van der Waals surface area contributed by atoms with Crippen LogP contribution in [0.25, 0.3) is 17.1 Å². The molecule has 1 aliphatic carbocycles. The van der Waals surface area contributed by atoms with E-state index in [-0.39, 0.29) is 5.91 Å². The van der Waals surface area contributed by atoms with E-state index < -0.39 is 0 Å². The van der Waals surface area contributed by atoms with Crippen molar-refractivity contribution in [2.24, 2.45) is 0 Å². The molecule has 3 aromatic rings. The third-order valence-electron chi connectivity index (χ3n) is 4.97. The van der Waals surface area contributed by atoms with Crippen molar-refractivity contribution in [3.63, 3.8) is 0 Å². The summed E-state index contributed by atoms with van der Waals surface area (Å²) in [7, 11) is 1.65.